The quantitative estimate of drug-likeness (QED) is 0.653. The first kappa shape index (κ1) is 10.9. The van der Waals surface area contributed by atoms with Crippen LogP contribution in [0.25, 0.3) is 0 Å². The maximum atomic E-state index is 12.9. The highest BCUT2D eigenvalue weighted by Gasteiger charge is 2.44. The second kappa shape index (κ2) is 3.55. The predicted molar refractivity (Wildman–Crippen MR) is 39.8 cm³/mol. The molecule has 0 aliphatic rings. The van der Waals surface area contributed by atoms with Crippen LogP contribution < -0.4 is 0 Å². The van der Waals surface area contributed by atoms with Crippen LogP contribution in [-0.2, 0) is 5.92 Å². The first-order valence-corrected chi connectivity index (χ1v) is 3.72. The van der Waals surface area contributed by atoms with Crippen LogP contribution in [-0.4, -0.2) is 6.18 Å². The van der Waals surface area contributed by atoms with Crippen LogP contribution in [0.4, 0.5) is 22.0 Å². The summed E-state index contributed by atoms with van der Waals surface area (Å²) in [7, 11) is 0. The second-order valence-corrected chi connectivity index (χ2v) is 2.79. The molecular weight excluding hydrogens is 203 g/mol. The van der Waals surface area contributed by atoms with Crippen LogP contribution in [0.3, 0.4) is 0 Å². The van der Waals surface area contributed by atoms with Crippen LogP contribution in [0, 0.1) is 6.07 Å². The van der Waals surface area contributed by atoms with Gasteiger partial charge in [0.2, 0.25) is 0 Å². The van der Waals surface area contributed by atoms with E-state index in [-0.39, 0.29) is 0 Å². The van der Waals surface area contributed by atoms with Crippen molar-refractivity contribution in [1.82, 2.24) is 0 Å². The molecule has 0 aromatic heterocycles. The van der Waals surface area contributed by atoms with Gasteiger partial charge in [0.15, 0.2) is 0 Å². The van der Waals surface area contributed by atoms with E-state index in [9.17, 15) is 22.0 Å². The van der Waals surface area contributed by atoms with Crippen LogP contribution in [0.2, 0.25) is 0 Å². The van der Waals surface area contributed by atoms with Crippen molar-refractivity contribution in [2.24, 2.45) is 0 Å². The van der Waals surface area contributed by atoms with Gasteiger partial charge in [0.05, 0.1) is 0 Å². The van der Waals surface area contributed by atoms with Gasteiger partial charge in [0, 0.05) is 5.56 Å². The molecule has 77 valence electrons. The zero-order valence-corrected chi connectivity index (χ0v) is 6.91. The first-order chi connectivity index (χ1) is 6.31. The number of halogens is 5. The molecule has 0 heterocycles. The summed E-state index contributed by atoms with van der Waals surface area (Å²) in [6.45, 7) is 0. The Kier molecular flexibility index (Phi) is 2.78. The van der Waals surface area contributed by atoms with E-state index in [1.165, 1.54) is 12.1 Å². The standard InChI is InChI=1S/C9H6F5/c10-8(11,6-9(12,13)14)7-4-2-1-3-5-7/h1-2,4-5H,6H2. The molecule has 0 saturated carbocycles. The predicted octanol–water partition coefficient (Wildman–Crippen LogP) is 3.53. The van der Waals surface area contributed by atoms with E-state index in [2.05, 4.69) is 6.07 Å². The maximum absolute atomic E-state index is 12.9. The SMILES string of the molecule is FC(F)(F)CC(F)(F)c1c[c]ccc1. The average Bonchev–Trinajstić information content (AvgIpc) is 2.01. The second-order valence-electron chi connectivity index (χ2n) is 2.79. The molecule has 0 spiro atoms. The number of hydrogen-bond acceptors (Lipinski definition) is 0. The lowest BCUT2D eigenvalue weighted by molar-refractivity contribution is -0.190. The van der Waals surface area contributed by atoms with Crippen LogP contribution in [0.15, 0.2) is 24.3 Å². The summed E-state index contributed by atoms with van der Waals surface area (Å²) in [6, 6.07) is 6.67. The summed E-state index contributed by atoms with van der Waals surface area (Å²) < 4.78 is 61.1. The molecule has 0 unspecified atom stereocenters. The number of benzene rings is 1. The van der Waals surface area contributed by atoms with Crippen molar-refractivity contribution < 1.29 is 22.0 Å². The lowest BCUT2D eigenvalue weighted by Crippen LogP contribution is -2.23. The molecule has 0 N–H and O–H groups in total. The van der Waals surface area contributed by atoms with Gasteiger partial charge in [-0.05, 0) is 12.1 Å². The van der Waals surface area contributed by atoms with E-state index in [1.54, 1.807) is 0 Å². The van der Waals surface area contributed by atoms with Gasteiger partial charge in [-0.2, -0.15) is 13.2 Å². The van der Waals surface area contributed by atoms with Crippen LogP contribution >= 0.6 is 0 Å². The van der Waals surface area contributed by atoms with Gasteiger partial charge in [-0.1, -0.05) is 18.2 Å². The minimum Gasteiger partial charge on any atom is -0.201 e. The third-order valence-corrected chi connectivity index (χ3v) is 1.55. The molecule has 0 bridgehead atoms. The molecule has 0 aliphatic carbocycles. The van der Waals surface area contributed by atoms with E-state index in [4.69, 9.17) is 0 Å². The highest BCUT2D eigenvalue weighted by Crippen LogP contribution is 2.38. The van der Waals surface area contributed by atoms with Gasteiger partial charge >= 0.3 is 6.18 Å². The van der Waals surface area contributed by atoms with Crippen molar-refractivity contribution in [3.8, 4) is 0 Å². The Morgan fingerprint density at radius 1 is 1.14 bits per heavy atom. The monoisotopic (exact) mass is 209 g/mol. The summed E-state index contributed by atoms with van der Waals surface area (Å²) in [5.41, 5.74) is -0.669. The van der Waals surface area contributed by atoms with Crippen molar-refractivity contribution in [3.63, 3.8) is 0 Å². The summed E-state index contributed by atoms with van der Waals surface area (Å²) >= 11 is 0. The first-order valence-electron chi connectivity index (χ1n) is 3.72. The van der Waals surface area contributed by atoms with Crippen molar-refractivity contribution in [2.45, 2.75) is 18.5 Å². The summed E-state index contributed by atoms with van der Waals surface area (Å²) in [5, 5.41) is 0. The molecule has 14 heavy (non-hydrogen) atoms. The molecule has 0 saturated heterocycles. The number of rotatable bonds is 2. The van der Waals surface area contributed by atoms with E-state index >= 15 is 0 Å². The zero-order valence-electron chi connectivity index (χ0n) is 6.91. The fourth-order valence-electron chi connectivity index (χ4n) is 0.975. The molecule has 1 radical (unpaired) electrons. The minimum atomic E-state index is -4.88. The third-order valence-electron chi connectivity index (χ3n) is 1.55. The van der Waals surface area contributed by atoms with Gasteiger partial charge in [0.1, 0.15) is 6.42 Å². The summed E-state index contributed by atoms with van der Waals surface area (Å²) in [5.74, 6) is -3.88. The summed E-state index contributed by atoms with van der Waals surface area (Å²) in [6.07, 6.45) is -7.02. The van der Waals surface area contributed by atoms with Crippen LogP contribution in [0.5, 0.6) is 0 Å². The molecule has 0 nitrogen and oxygen atoms in total. The largest absolute Gasteiger partial charge is 0.395 e. The van der Waals surface area contributed by atoms with Crippen molar-refractivity contribution in [3.05, 3.63) is 35.9 Å². The van der Waals surface area contributed by atoms with Crippen LogP contribution in [0.1, 0.15) is 12.0 Å². The molecule has 0 fully saturated rings. The zero-order chi connectivity index (χ0) is 10.8. The molecule has 0 aliphatic heterocycles. The van der Waals surface area contributed by atoms with Crippen molar-refractivity contribution in [2.75, 3.05) is 0 Å². The third kappa shape index (κ3) is 2.97. The Morgan fingerprint density at radius 2 is 1.79 bits per heavy atom. The van der Waals surface area contributed by atoms with E-state index in [1.807, 2.05) is 0 Å². The Hall–Kier alpha value is -1.13. The Labute approximate surface area is 77.4 Å². The smallest absolute Gasteiger partial charge is 0.201 e. The Balaban J connectivity index is 2.86. The minimum absolute atomic E-state index is 0.669. The fraction of sp³-hybridized carbons (Fsp3) is 0.333. The van der Waals surface area contributed by atoms with Crippen molar-refractivity contribution >= 4 is 0 Å². The normalized spacial score (nSPS) is 12.9. The molecular formula is C9H6F5. The van der Waals surface area contributed by atoms with Gasteiger partial charge < -0.3 is 0 Å². The maximum Gasteiger partial charge on any atom is 0.395 e. The molecule has 1 aromatic rings. The molecule has 0 atom stereocenters. The van der Waals surface area contributed by atoms with Gasteiger partial charge in [-0.15, -0.1) is 0 Å². The van der Waals surface area contributed by atoms with E-state index < -0.39 is 24.1 Å². The molecule has 1 rings (SSSR count). The number of hydrogen-bond donors (Lipinski definition) is 0. The highest BCUT2D eigenvalue weighted by molar-refractivity contribution is 5.19. The molecule has 0 amide bonds. The lowest BCUT2D eigenvalue weighted by atomic mass is 10.1. The Bertz CT molecular complexity index is 288. The number of alkyl halides is 5. The average molecular weight is 209 g/mol. The molecule has 5 heteroatoms. The van der Waals surface area contributed by atoms with Gasteiger partial charge in [-0.3, -0.25) is 0 Å². The van der Waals surface area contributed by atoms with E-state index in [0.717, 1.165) is 12.1 Å². The Morgan fingerprint density at radius 3 is 2.21 bits per heavy atom. The van der Waals surface area contributed by atoms with Crippen molar-refractivity contribution in [1.29, 1.82) is 0 Å². The van der Waals surface area contributed by atoms with E-state index in [0.29, 0.717) is 0 Å². The molecule has 1 aromatic carbocycles. The lowest BCUT2D eigenvalue weighted by Gasteiger charge is -2.18. The summed E-state index contributed by atoms with van der Waals surface area (Å²) in [4.78, 5) is 0. The highest BCUT2D eigenvalue weighted by atomic mass is 19.4. The fourth-order valence-corrected chi connectivity index (χ4v) is 0.975. The van der Waals surface area contributed by atoms with Gasteiger partial charge in [0.25, 0.3) is 5.92 Å². The topological polar surface area (TPSA) is 0 Å². The van der Waals surface area contributed by atoms with Gasteiger partial charge in [-0.25, -0.2) is 8.78 Å².